The molecule has 0 aliphatic carbocycles. The van der Waals surface area contributed by atoms with Gasteiger partial charge in [-0.3, -0.25) is 4.79 Å². The molecule has 1 unspecified atom stereocenters. The summed E-state index contributed by atoms with van der Waals surface area (Å²) in [6, 6.07) is 3.44. The number of anilines is 1. The van der Waals surface area contributed by atoms with Gasteiger partial charge in [-0.15, -0.1) is 0 Å². The first-order valence-electron chi connectivity index (χ1n) is 5.83. The number of rotatable bonds is 3. The molecule has 1 aromatic rings. The zero-order valence-corrected chi connectivity index (χ0v) is 13.1. The Balaban J connectivity index is 1.97. The molecule has 1 amide bonds. The van der Waals surface area contributed by atoms with Crippen LogP contribution in [0, 0.1) is 0 Å². The summed E-state index contributed by atoms with van der Waals surface area (Å²) in [5.74, 6) is -0.144. The van der Waals surface area contributed by atoms with Gasteiger partial charge in [0.05, 0.1) is 34.9 Å². The van der Waals surface area contributed by atoms with Crippen molar-refractivity contribution >= 4 is 50.7 Å². The van der Waals surface area contributed by atoms with E-state index < -0.39 is 0 Å². The molecule has 1 heterocycles. The zero-order valence-electron chi connectivity index (χ0n) is 10.0. The van der Waals surface area contributed by atoms with Crippen LogP contribution in [0.4, 0.5) is 5.69 Å². The van der Waals surface area contributed by atoms with Crippen molar-refractivity contribution in [3.8, 4) is 0 Å². The van der Waals surface area contributed by atoms with Gasteiger partial charge in [-0.2, -0.15) is 0 Å². The van der Waals surface area contributed by atoms with Gasteiger partial charge in [-0.05, 0) is 28.1 Å². The Kier molecular flexibility index (Phi) is 5.47. The third-order valence-corrected chi connectivity index (χ3v) is 4.50. The van der Waals surface area contributed by atoms with Gasteiger partial charge in [0, 0.05) is 17.6 Å². The Hall–Kier alpha value is -0.330. The second-order valence-electron chi connectivity index (χ2n) is 4.17. The van der Waals surface area contributed by atoms with Crippen LogP contribution in [0.15, 0.2) is 16.6 Å². The molecule has 1 aliphatic rings. The lowest BCUT2D eigenvalue weighted by Gasteiger charge is -2.23. The highest BCUT2D eigenvalue weighted by Gasteiger charge is 2.18. The van der Waals surface area contributed by atoms with Crippen molar-refractivity contribution in [3.05, 3.63) is 26.7 Å². The van der Waals surface area contributed by atoms with E-state index in [2.05, 4.69) is 26.6 Å². The van der Waals surface area contributed by atoms with E-state index in [0.717, 1.165) is 6.54 Å². The number of carbonyl (C=O) groups is 1. The standard InChI is InChI=1S/C12H13BrCl2N2O2/c13-8-1-2-9(12(15)11(8)14)17-10(18)5-7-6-16-3-4-19-7/h1-2,7,16H,3-6H2,(H,17,18). The first-order chi connectivity index (χ1) is 9.08. The molecular formula is C12H13BrCl2N2O2. The van der Waals surface area contributed by atoms with Crippen LogP contribution in [0.5, 0.6) is 0 Å². The van der Waals surface area contributed by atoms with Gasteiger partial charge in [0.15, 0.2) is 0 Å². The molecule has 104 valence electrons. The molecule has 4 nitrogen and oxygen atoms in total. The van der Waals surface area contributed by atoms with E-state index in [9.17, 15) is 4.79 Å². The molecule has 2 N–H and O–H groups in total. The largest absolute Gasteiger partial charge is 0.375 e. The number of nitrogens with one attached hydrogen (secondary N) is 2. The van der Waals surface area contributed by atoms with Crippen LogP contribution < -0.4 is 10.6 Å². The van der Waals surface area contributed by atoms with E-state index in [1.54, 1.807) is 12.1 Å². The molecular weight excluding hydrogens is 355 g/mol. The number of carbonyl (C=O) groups excluding carboxylic acids is 1. The maximum absolute atomic E-state index is 11.9. The van der Waals surface area contributed by atoms with Gasteiger partial charge in [0.1, 0.15) is 0 Å². The van der Waals surface area contributed by atoms with E-state index in [4.69, 9.17) is 27.9 Å². The predicted octanol–water partition coefficient (Wildman–Crippen LogP) is 3.07. The molecule has 0 spiro atoms. The van der Waals surface area contributed by atoms with Crippen LogP contribution in [0.2, 0.25) is 10.0 Å². The maximum atomic E-state index is 11.9. The van der Waals surface area contributed by atoms with Crippen LogP contribution in [0.25, 0.3) is 0 Å². The van der Waals surface area contributed by atoms with Crippen molar-refractivity contribution in [2.24, 2.45) is 0 Å². The molecule has 0 saturated carbocycles. The Morgan fingerprint density at radius 1 is 1.47 bits per heavy atom. The fraction of sp³-hybridized carbons (Fsp3) is 0.417. The summed E-state index contributed by atoms with van der Waals surface area (Å²) in [5, 5.41) is 6.63. The SMILES string of the molecule is O=C(CC1CNCCO1)Nc1ccc(Br)c(Cl)c1Cl. The number of morpholine rings is 1. The summed E-state index contributed by atoms with van der Waals surface area (Å²) < 4.78 is 6.16. The summed E-state index contributed by atoms with van der Waals surface area (Å²) in [6.45, 7) is 2.14. The fourth-order valence-corrected chi connectivity index (χ4v) is 2.60. The van der Waals surface area contributed by atoms with Gasteiger partial charge in [0.2, 0.25) is 5.91 Å². The molecule has 1 atom stereocenters. The molecule has 7 heteroatoms. The van der Waals surface area contributed by atoms with Gasteiger partial charge in [-0.25, -0.2) is 0 Å². The third kappa shape index (κ3) is 4.07. The Morgan fingerprint density at radius 2 is 2.26 bits per heavy atom. The lowest BCUT2D eigenvalue weighted by molar-refractivity contribution is -0.119. The lowest BCUT2D eigenvalue weighted by atomic mass is 10.2. The smallest absolute Gasteiger partial charge is 0.227 e. The van der Waals surface area contributed by atoms with Gasteiger partial charge < -0.3 is 15.4 Å². The topological polar surface area (TPSA) is 50.4 Å². The molecule has 1 aliphatic heterocycles. The van der Waals surface area contributed by atoms with Crippen LogP contribution in [-0.4, -0.2) is 31.7 Å². The van der Waals surface area contributed by atoms with Gasteiger partial charge >= 0.3 is 0 Å². The minimum atomic E-state index is -0.144. The molecule has 1 saturated heterocycles. The van der Waals surface area contributed by atoms with E-state index in [1.807, 2.05) is 0 Å². The highest BCUT2D eigenvalue weighted by Crippen LogP contribution is 2.35. The summed E-state index contributed by atoms with van der Waals surface area (Å²) >= 11 is 15.3. The summed E-state index contributed by atoms with van der Waals surface area (Å²) in [5.41, 5.74) is 0.503. The predicted molar refractivity (Wildman–Crippen MR) is 80.0 cm³/mol. The monoisotopic (exact) mass is 366 g/mol. The van der Waals surface area contributed by atoms with Crippen molar-refractivity contribution in [3.63, 3.8) is 0 Å². The quantitative estimate of drug-likeness (QED) is 0.807. The lowest BCUT2D eigenvalue weighted by Crippen LogP contribution is -2.40. The molecule has 19 heavy (non-hydrogen) atoms. The van der Waals surface area contributed by atoms with E-state index in [1.165, 1.54) is 0 Å². The number of hydrogen-bond acceptors (Lipinski definition) is 3. The van der Waals surface area contributed by atoms with Crippen LogP contribution in [-0.2, 0) is 9.53 Å². The second kappa shape index (κ2) is 6.90. The number of halogens is 3. The van der Waals surface area contributed by atoms with Crippen molar-refractivity contribution in [1.29, 1.82) is 0 Å². The zero-order chi connectivity index (χ0) is 13.8. The Morgan fingerprint density at radius 3 is 2.95 bits per heavy atom. The maximum Gasteiger partial charge on any atom is 0.227 e. The molecule has 1 aromatic carbocycles. The third-order valence-electron chi connectivity index (χ3n) is 2.73. The highest BCUT2D eigenvalue weighted by atomic mass is 79.9. The Labute approximate surface area is 129 Å². The fourth-order valence-electron chi connectivity index (χ4n) is 1.78. The van der Waals surface area contributed by atoms with Gasteiger partial charge in [-0.1, -0.05) is 23.2 Å². The molecule has 0 radical (unpaired) electrons. The average molecular weight is 368 g/mol. The summed E-state index contributed by atoms with van der Waals surface area (Å²) in [6.07, 6.45) is 0.190. The first-order valence-corrected chi connectivity index (χ1v) is 7.38. The van der Waals surface area contributed by atoms with E-state index >= 15 is 0 Å². The van der Waals surface area contributed by atoms with Crippen LogP contribution in [0.3, 0.4) is 0 Å². The summed E-state index contributed by atoms with van der Waals surface area (Å²) in [4.78, 5) is 11.9. The van der Waals surface area contributed by atoms with E-state index in [0.29, 0.717) is 33.4 Å². The second-order valence-corrected chi connectivity index (χ2v) is 5.78. The van der Waals surface area contributed by atoms with Crippen LogP contribution >= 0.6 is 39.1 Å². The number of benzene rings is 1. The first kappa shape index (κ1) is 15.1. The number of amides is 1. The molecule has 0 bridgehead atoms. The summed E-state index contributed by atoms with van der Waals surface area (Å²) in [7, 11) is 0. The van der Waals surface area contributed by atoms with Crippen molar-refractivity contribution in [2.45, 2.75) is 12.5 Å². The molecule has 1 fully saturated rings. The van der Waals surface area contributed by atoms with E-state index in [-0.39, 0.29) is 18.4 Å². The highest BCUT2D eigenvalue weighted by molar-refractivity contribution is 9.10. The molecule has 0 aromatic heterocycles. The van der Waals surface area contributed by atoms with Crippen molar-refractivity contribution < 1.29 is 9.53 Å². The van der Waals surface area contributed by atoms with Crippen molar-refractivity contribution in [1.82, 2.24) is 5.32 Å². The Bertz CT molecular complexity index is 479. The molecule has 2 rings (SSSR count). The average Bonchev–Trinajstić information content (AvgIpc) is 2.41. The number of ether oxygens (including phenoxy) is 1. The van der Waals surface area contributed by atoms with Crippen LogP contribution in [0.1, 0.15) is 6.42 Å². The number of hydrogen-bond donors (Lipinski definition) is 2. The van der Waals surface area contributed by atoms with Crippen molar-refractivity contribution in [2.75, 3.05) is 25.0 Å². The minimum Gasteiger partial charge on any atom is -0.375 e. The normalized spacial score (nSPS) is 19.2. The minimum absolute atomic E-state index is 0.0987. The van der Waals surface area contributed by atoms with Gasteiger partial charge in [0.25, 0.3) is 0 Å².